The maximum absolute atomic E-state index is 6.07. The molecule has 3 aromatic heterocycles. The Morgan fingerprint density at radius 1 is 1.19 bits per heavy atom. The van der Waals surface area contributed by atoms with Crippen molar-refractivity contribution < 1.29 is 8.94 Å². The molecule has 2 aliphatic rings. The van der Waals surface area contributed by atoms with Gasteiger partial charge in [-0.25, -0.2) is 5.43 Å². The average molecular weight is 366 g/mol. The van der Waals surface area contributed by atoms with Crippen LogP contribution >= 0.6 is 0 Å². The monoisotopic (exact) mass is 366 g/mol. The second-order valence-electron chi connectivity index (χ2n) is 7.02. The number of aromatic nitrogens is 3. The summed E-state index contributed by atoms with van der Waals surface area (Å²) in [6.07, 6.45) is 4.88. The number of nitrogens with zero attached hydrogens (tertiary/aromatic N) is 4. The van der Waals surface area contributed by atoms with Crippen molar-refractivity contribution in [1.82, 2.24) is 30.9 Å². The summed E-state index contributed by atoms with van der Waals surface area (Å²) in [7, 11) is 0. The standard InChI is InChI=1S/C19H22N6O2/c1-2-9-20-15(4-1)18-22-19(27-24-18)16-5-3-11-25(16)12-13-6-7-17(26-13)14-8-10-21-23-14/h1-2,4,6-7,9,14,16,21,23H,3,5,8,10-12H2. The van der Waals surface area contributed by atoms with Crippen LogP contribution < -0.4 is 10.9 Å². The van der Waals surface area contributed by atoms with Gasteiger partial charge in [0.25, 0.3) is 0 Å². The van der Waals surface area contributed by atoms with Gasteiger partial charge in [-0.05, 0) is 50.1 Å². The van der Waals surface area contributed by atoms with Crippen LogP contribution in [0.1, 0.15) is 48.8 Å². The van der Waals surface area contributed by atoms with E-state index in [4.69, 9.17) is 8.94 Å². The van der Waals surface area contributed by atoms with Crippen LogP contribution in [-0.4, -0.2) is 33.1 Å². The summed E-state index contributed by atoms with van der Waals surface area (Å²) in [5.74, 6) is 3.15. The molecule has 0 radical (unpaired) electrons. The number of pyridine rings is 1. The highest BCUT2D eigenvalue weighted by atomic mass is 16.5. The fourth-order valence-electron chi connectivity index (χ4n) is 3.83. The molecule has 2 atom stereocenters. The summed E-state index contributed by atoms with van der Waals surface area (Å²) >= 11 is 0. The van der Waals surface area contributed by atoms with Crippen LogP contribution in [0.3, 0.4) is 0 Å². The molecule has 0 spiro atoms. The SMILES string of the molecule is c1ccc(-c2noc(C3CCCN3Cc3ccc(C4CCNN4)o3)n2)nc1. The van der Waals surface area contributed by atoms with E-state index in [1.54, 1.807) is 6.20 Å². The quantitative estimate of drug-likeness (QED) is 0.712. The molecule has 0 aromatic carbocycles. The zero-order valence-corrected chi connectivity index (χ0v) is 15.0. The maximum atomic E-state index is 6.07. The number of hydrogen-bond donors (Lipinski definition) is 2. The minimum atomic E-state index is 0.120. The molecule has 2 saturated heterocycles. The molecule has 0 saturated carbocycles. The van der Waals surface area contributed by atoms with Gasteiger partial charge in [-0.1, -0.05) is 11.2 Å². The molecule has 3 aromatic rings. The number of hydrogen-bond acceptors (Lipinski definition) is 8. The molecule has 0 amide bonds. The maximum Gasteiger partial charge on any atom is 0.244 e. The smallest absolute Gasteiger partial charge is 0.244 e. The minimum Gasteiger partial charge on any atom is -0.463 e. The Balaban J connectivity index is 1.30. The third kappa shape index (κ3) is 3.39. The highest BCUT2D eigenvalue weighted by molar-refractivity contribution is 5.47. The summed E-state index contributed by atoms with van der Waals surface area (Å²) in [6, 6.07) is 10.2. The van der Waals surface area contributed by atoms with Gasteiger partial charge >= 0.3 is 0 Å². The van der Waals surface area contributed by atoms with Crippen LogP contribution in [0.2, 0.25) is 0 Å². The van der Waals surface area contributed by atoms with E-state index in [1.165, 1.54) is 0 Å². The van der Waals surface area contributed by atoms with Gasteiger partial charge in [0.1, 0.15) is 17.2 Å². The van der Waals surface area contributed by atoms with Crippen LogP contribution in [0, 0.1) is 0 Å². The van der Waals surface area contributed by atoms with Crippen LogP contribution in [-0.2, 0) is 6.54 Å². The fraction of sp³-hybridized carbons (Fsp3) is 0.421. The Morgan fingerprint density at radius 3 is 3.04 bits per heavy atom. The highest BCUT2D eigenvalue weighted by Crippen LogP contribution is 2.33. The number of likely N-dealkylation sites (tertiary alicyclic amines) is 1. The molecule has 5 rings (SSSR count). The fourth-order valence-corrected chi connectivity index (χ4v) is 3.83. The van der Waals surface area contributed by atoms with E-state index in [9.17, 15) is 0 Å². The second kappa shape index (κ2) is 7.22. The Hall–Kier alpha value is -2.55. The van der Waals surface area contributed by atoms with E-state index in [-0.39, 0.29) is 12.1 Å². The third-order valence-electron chi connectivity index (χ3n) is 5.20. The summed E-state index contributed by atoms with van der Waals surface area (Å²) in [6.45, 7) is 2.70. The zero-order valence-electron chi connectivity index (χ0n) is 15.0. The first-order chi connectivity index (χ1) is 13.4. The molecule has 2 unspecified atom stereocenters. The second-order valence-corrected chi connectivity index (χ2v) is 7.02. The number of hydrazine groups is 1. The van der Waals surface area contributed by atoms with Gasteiger partial charge in [0.05, 0.1) is 18.6 Å². The molecule has 140 valence electrons. The molecule has 8 nitrogen and oxygen atoms in total. The molecule has 2 aliphatic heterocycles. The van der Waals surface area contributed by atoms with Gasteiger partial charge in [0.15, 0.2) is 0 Å². The van der Waals surface area contributed by atoms with Crippen LogP contribution in [0.25, 0.3) is 11.5 Å². The summed E-state index contributed by atoms with van der Waals surface area (Å²) < 4.78 is 11.6. The van der Waals surface area contributed by atoms with Crippen molar-refractivity contribution in [3.05, 3.63) is 53.9 Å². The van der Waals surface area contributed by atoms with Crippen LogP contribution in [0.4, 0.5) is 0 Å². The normalized spacial score (nSPS) is 23.3. The molecule has 2 fully saturated rings. The van der Waals surface area contributed by atoms with E-state index in [0.29, 0.717) is 11.7 Å². The first kappa shape index (κ1) is 16.6. The minimum absolute atomic E-state index is 0.120. The Labute approximate surface area is 156 Å². The zero-order chi connectivity index (χ0) is 18.1. The predicted octanol–water partition coefficient (Wildman–Crippen LogP) is 2.60. The van der Waals surface area contributed by atoms with Crippen molar-refractivity contribution in [2.75, 3.05) is 13.1 Å². The van der Waals surface area contributed by atoms with E-state index in [1.807, 2.05) is 18.2 Å². The van der Waals surface area contributed by atoms with E-state index < -0.39 is 0 Å². The van der Waals surface area contributed by atoms with Crippen molar-refractivity contribution in [3.8, 4) is 11.5 Å². The summed E-state index contributed by atoms with van der Waals surface area (Å²) in [5.41, 5.74) is 7.11. The van der Waals surface area contributed by atoms with E-state index in [0.717, 1.165) is 56.1 Å². The van der Waals surface area contributed by atoms with Gasteiger partial charge < -0.3 is 8.94 Å². The molecule has 0 bridgehead atoms. The molecule has 5 heterocycles. The lowest BCUT2D eigenvalue weighted by Crippen LogP contribution is -2.24. The Kier molecular flexibility index (Phi) is 4.44. The predicted molar refractivity (Wildman–Crippen MR) is 97.1 cm³/mol. The number of nitrogens with one attached hydrogen (secondary N) is 2. The topological polar surface area (TPSA) is 92.2 Å². The molecule has 0 aliphatic carbocycles. The summed E-state index contributed by atoms with van der Waals surface area (Å²) in [5, 5.41) is 4.11. The molecule has 27 heavy (non-hydrogen) atoms. The Morgan fingerprint density at radius 2 is 2.19 bits per heavy atom. The van der Waals surface area contributed by atoms with Gasteiger partial charge in [-0.3, -0.25) is 15.3 Å². The molecule has 8 heteroatoms. The average Bonchev–Trinajstić information content (AvgIpc) is 3.48. The van der Waals surface area contributed by atoms with Gasteiger partial charge in [0.2, 0.25) is 11.7 Å². The van der Waals surface area contributed by atoms with Crippen LogP contribution in [0.5, 0.6) is 0 Å². The Bertz CT molecular complexity index is 887. The third-order valence-corrected chi connectivity index (χ3v) is 5.20. The summed E-state index contributed by atoms with van der Waals surface area (Å²) in [4.78, 5) is 11.2. The highest BCUT2D eigenvalue weighted by Gasteiger charge is 2.32. The van der Waals surface area contributed by atoms with E-state index in [2.05, 4.69) is 43.0 Å². The van der Waals surface area contributed by atoms with Crippen LogP contribution in [0.15, 0.2) is 45.5 Å². The lowest BCUT2D eigenvalue weighted by Gasteiger charge is -2.20. The van der Waals surface area contributed by atoms with Crippen molar-refractivity contribution in [1.29, 1.82) is 0 Å². The lowest BCUT2D eigenvalue weighted by atomic mass is 10.2. The number of rotatable bonds is 5. The van der Waals surface area contributed by atoms with Crippen molar-refractivity contribution in [2.24, 2.45) is 0 Å². The van der Waals surface area contributed by atoms with Crippen molar-refractivity contribution in [3.63, 3.8) is 0 Å². The lowest BCUT2D eigenvalue weighted by molar-refractivity contribution is 0.186. The van der Waals surface area contributed by atoms with Gasteiger partial charge in [-0.2, -0.15) is 4.98 Å². The van der Waals surface area contributed by atoms with Crippen molar-refractivity contribution >= 4 is 0 Å². The largest absolute Gasteiger partial charge is 0.463 e. The van der Waals surface area contributed by atoms with Gasteiger partial charge in [0, 0.05) is 12.7 Å². The first-order valence-electron chi connectivity index (χ1n) is 9.43. The van der Waals surface area contributed by atoms with Crippen molar-refractivity contribution in [2.45, 2.75) is 37.9 Å². The number of furan rings is 1. The van der Waals surface area contributed by atoms with E-state index >= 15 is 0 Å². The molecule has 2 N–H and O–H groups in total. The molecular weight excluding hydrogens is 344 g/mol. The van der Waals surface area contributed by atoms with Gasteiger partial charge in [-0.15, -0.1) is 0 Å². The first-order valence-corrected chi connectivity index (χ1v) is 9.43. The molecular formula is C19H22N6O2.